The third-order valence-electron chi connectivity index (χ3n) is 4.18. The molecular weight excluding hydrogens is 364 g/mol. The van der Waals surface area contributed by atoms with Crippen LogP contribution >= 0.6 is 0 Å². The van der Waals surface area contributed by atoms with E-state index in [0.717, 1.165) is 4.90 Å². The highest BCUT2D eigenvalue weighted by Gasteiger charge is 2.40. The molecule has 2 aromatic carbocycles. The van der Waals surface area contributed by atoms with E-state index in [1.807, 2.05) is 0 Å². The first kappa shape index (κ1) is 19.0. The number of imide groups is 1. The lowest BCUT2D eigenvalue weighted by molar-refractivity contribution is -0.121. The molecule has 1 aliphatic heterocycles. The molecule has 0 fully saturated rings. The first-order valence-electron chi connectivity index (χ1n) is 8.29. The van der Waals surface area contributed by atoms with E-state index in [-0.39, 0.29) is 17.2 Å². The number of hydrogen-bond donors (Lipinski definition) is 2. The van der Waals surface area contributed by atoms with Gasteiger partial charge in [-0.3, -0.25) is 14.4 Å². The minimum atomic E-state index is -0.831. The Hall–Kier alpha value is -3.81. The highest BCUT2D eigenvalue weighted by molar-refractivity contribution is 6.44. The Balaban J connectivity index is 1.95. The minimum absolute atomic E-state index is 0.128. The molecule has 8 heteroatoms. The second-order valence-electron chi connectivity index (χ2n) is 5.97. The van der Waals surface area contributed by atoms with Gasteiger partial charge >= 0.3 is 5.91 Å². The number of aliphatic hydroxyl groups is 1. The van der Waals surface area contributed by atoms with Gasteiger partial charge in [-0.1, -0.05) is 6.07 Å². The number of methoxy groups -OCH3 is 2. The maximum absolute atomic E-state index is 12.9. The summed E-state index contributed by atoms with van der Waals surface area (Å²) in [5, 5.41) is 12.9. The molecule has 0 spiro atoms. The summed E-state index contributed by atoms with van der Waals surface area (Å²) in [6.07, 6.45) is 0. The van der Waals surface area contributed by atoms with E-state index < -0.39 is 17.6 Å². The zero-order valence-electron chi connectivity index (χ0n) is 15.5. The molecule has 1 aliphatic rings. The number of anilines is 2. The lowest BCUT2D eigenvalue weighted by atomic mass is 10.0. The molecule has 144 valence electrons. The summed E-state index contributed by atoms with van der Waals surface area (Å²) in [5.74, 6) is -1.57. The van der Waals surface area contributed by atoms with Gasteiger partial charge in [0.2, 0.25) is 5.91 Å². The van der Waals surface area contributed by atoms with Gasteiger partial charge in [0.05, 0.1) is 25.5 Å². The fourth-order valence-electron chi connectivity index (χ4n) is 2.90. The summed E-state index contributed by atoms with van der Waals surface area (Å²) < 4.78 is 10.4. The predicted molar refractivity (Wildman–Crippen MR) is 102 cm³/mol. The predicted octanol–water partition coefficient (Wildman–Crippen LogP) is 2.50. The van der Waals surface area contributed by atoms with Crippen molar-refractivity contribution in [1.82, 2.24) is 0 Å². The van der Waals surface area contributed by atoms with Crippen LogP contribution in [-0.2, 0) is 14.4 Å². The number of hydrogen-bond acceptors (Lipinski definition) is 6. The molecule has 0 saturated carbocycles. The molecule has 0 bridgehead atoms. The van der Waals surface area contributed by atoms with E-state index in [2.05, 4.69) is 5.32 Å². The van der Waals surface area contributed by atoms with Gasteiger partial charge in [-0.25, -0.2) is 4.90 Å². The van der Waals surface area contributed by atoms with Crippen molar-refractivity contribution in [3.8, 4) is 11.5 Å². The molecule has 0 aromatic heterocycles. The first-order chi connectivity index (χ1) is 13.4. The number of rotatable bonds is 5. The molecule has 0 radical (unpaired) electrons. The van der Waals surface area contributed by atoms with Gasteiger partial charge in [0.25, 0.3) is 5.91 Å². The van der Waals surface area contributed by atoms with Crippen molar-refractivity contribution in [1.29, 1.82) is 0 Å². The Labute approximate surface area is 161 Å². The second kappa shape index (κ2) is 7.43. The molecule has 2 aromatic rings. The Morgan fingerprint density at radius 1 is 0.964 bits per heavy atom. The standard InChI is InChI=1S/C20H18N2O6/c1-11(23)21-13-5-7-14(8-6-13)22-19(25)17(18(24)20(22)26)12-4-9-15(27-2)16(10-12)28-3/h4-10,24H,1-3H3,(H,21,23). The summed E-state index contributed by atoms with van der Waals surface area (Å²) in [6, 6.07) is 10.8. The van der Waals surface area contributed by atoms with Gasteiger partial charge in [-0.15, -0.1) is 0 Å². The topological polar surface area (TPSA) is 105 Å². The number of benzene rings is 2. The molecule has 2 N–H and O–H groups in total. The van der Waals surface area contributed by atoms with Crippen LogP contribution in [0, 0.1) is 0 Å². The lowest BCUT2D eigenvalue weighted by Gasteiger charge is -2.15. The Morgan fingerprint density at radius 2 is 1.61 bits per heavy atom. The molecule has 1 heterocycles. The fraction of sp³-hybridized carbons (Fsp3) is 0.150. The van der Waals surface area contributed by atoms with Crippen molar-refractivity contribution >= 4 is 34.7 Å². The molecule has 0 unspecified atom stereocenters. The molecule has 28 heavy (non-hydrogen) atoms. The Kier molecular flexibility index (Phi) is 5.04. The molecule has 3 amide bonds. The lowest BCUT2D eigenvalue weighted by Crippen LogP contribution is -2.31. The Bertz CT molecular complexity index is 994. The van der Waals surface area contributed by atoms with Gasteiger partial charge in [-0.05, 0) is 42.0 Å². The summed E-state index contributed by atoms with van der Waals surface area (Å²) >= 11 is 0. The molecule has 0 saturated heterocycles. The number of amides is 3. The summed E-state index contributed by atoms with van der Waals surface area (Å²) in [6.45, 7) is 1.37. The van der Waals surface area contributed by atoms with Gasteiger partial charge in [0.15, 0.2) is 17.3 Å². The molecular formula is C20H18N2O6. The van der Waals surface area contributed by atoms with E-state index >= 15 is 0 Å². The van der Waals surface area contributed by atoms with Gasteiger partial charge < -0.3 is 19.9 Å². The number of ether oxygens (including phenoxy) is 2. The maximum Gasteiger partial charge on any atom is 0.301 e. The van der Waals surface area contributed by atoms with Crippen LogP contribution in [0.1, 0.15) is 12.5 Å². The van der Waals surface area contributed by atoms with Crippen molar-refractivity contribution in [3.63, 3.8) is 0 Å². The first-order valence-corrected chi connectivity index (χ1v) is 8.29. The van der Waals surface area contributed by atoms with E-state index in [0.29, 0.717) is 22.7 Å². The second-order valence-corrected chi connectivity index (χ2v) is 5.97. The third-order valence-corrected chi connectivity index (χ3v) is 4.18. The molecule has 0 atom stereocenters. The van der Waals surface area contributed by atoms with Crippen molar-refractivity contribution in [2.75, 3.05) is 24.4 Å². The van der Waals surface area contributed by atoms with Crippen LogP contribution in [0.5, 0.6) is 11.5 Å². The zero-order chi connectivity index (χ0) is 20.4. The van der Waals surface area contributed by atoms with Crippen LogP contribution in [0.4, 0.5) is 11.4 Å². The van der Waals surface area contributed by atoms with Crippen LogP contribution < -0.4 is 19.7 Å². The third kappa shape index (κ3) is 3.27. The van der Waals surface area contributed by atoms with Crippen molar-refractivity contribution in [2.24, 2.45) is 0 Å². The van der Waals surface area contributed by atoms with Gasteiger partial charge in [0.1, 0.15) is 0 Å². The molecule has 3 rings (SSSR count). The number of nitrogens with one attached hydrogen (secondary N) is 1. The quantitative estimate of drug-likeness (QED) is 0.770. The number of nitrogens with zero attached hydrogens (tertiary/aromatic N) is 1. The number of carbonyl (C=O) groups is 3. The molecule has 0 aliphatic carbocycles. The van der Waals surface area contributed by atoms with E-state index in [1.165, 1.54) is 39.3 Å². The van der Waals surface area contributed by atoms with Crippen LogP contribution in [0.15, 0.2) is 48.2 Å². The average molecular weight is 382 g/mol. The highest BCUT2D eigenvalue weighted by Crippen LogP contribution is 2.36. The average Bonchev–Trinajstić information content (AvgIpc) is 2.90. The van der Waals surface area contributed by atoms with Crippen LogP contribution in [-0.4, -0.2) is 37.0 Å². The number of aliphatic hydroxyl groups excluding tert-OH is 1. The minimum Gasteiger partial charge on any atom is -0.502 e. The van der Waals surface area contributed by atoms with Crippen LogP contribution in [0.3, 0.4) is 0 Å². The van der Waals surface area contributed by atoms with Gasteiger partial charge in [-0.2, -0.15) is 0 Å². The Morgan fingerprint density at radius 3 is 2.18 bits per heavy atom. The summed E-state index contributed by atoms with van der Waals surface area (Å²) in [4.78, 5) is 37.4. The highest BCUT2D eigenvalue weighted by atomic mass is 16.5. The van der Waals surface area contributed by atoms with E-state index in [9.17, 15) is 19.5 Å². The van der Waals surface area contributed by atoms with Crippen LogP contribution in [0.25, 0.3) is 5.57 Å². The monoisotopic (exact) mass is 382 g/mol. The van der Waals surface area contributed by atoms with Crippen molar-refractivity contribution in [3.05, 3.63) is 53.8 Å². The summed E-state index contributed by atoms with van der Waals surface area (Å²) in [5.41, 5.74) is 0.988. The van der Waals surface area contributed by atoms with Gasteiger partial charge in [0, 0.05) is 12.6 Å². The van der Waals surface area contributed by atoms with Crippen molar-refractivity contribution < 1.29 is 29.0 Å². The largest absolute Gasteiger partial charge is 0.502 e. The van der Waals surface area contributed by atoms with E-state index in [1.54, 1.807) is 24.3 Å². The smallest absolute Gasteiger partial charge is 0.301 e. The number of carbonyl (C=O) groups excluding carboxylic acids is 3. The normalized spacial score (nSPS) is 13.8. The van der Waals surface area contributed by atoms with Crippen LogP contribution in [0.2, 0.25) is 0 Å². The summed E-state index contributed by atoms with van der Waals surface area (Å²) in [7, 11) is 2.92. The fourth-order valence-corrected chi connectivity index (χ4v) is 2.90. The zero-order valence-corrected chi connectivity index (χ0v) is 15.5. The van der Waals surface area contributed by atoms with Crippen molar-refractivity contribution in [2.45, 2.75) is 6.92 Å². The maximum atomic E-state index is 12.9. The molecule has 8 nitrogen and oxygen atoms in total. The SMILES string of the molecule is COc1ccc(C2=C(O)C(=O)N(c3ccc(NC(C)=O)cc3)C2=O)cc1OC. The van der Waals surface area contributed by atoms with E-state index in [4.69, 9.17) is 9.47 Å².